The van der Waals surface area contributed by atoms with Crippen LogP contribution in [0.25, 0.3) is 0 Å². The Morgan fingerprint density at radius 2 is 0.860 bits per heavy atom. The van der Waals surface area contributed by atoms with E-state index in [2.05, 4.69) is 162 Å². The molecule has 43 heavy (non-hydrogen) atoms. The highest BCUT2D eigenvalue weighted by molar-refractivity contribution is 5.86. The van der Waals surface area contributed by atoms with Gasteiger partial charge in [0.05, 0.1) is 11.4 Å². The number of nitrogens with zero attached hydrogens (tertiary/aromatic N) is 2. The van der Waals surface area contributed by atoms with Crippen LogP contribution in [0.5, 0.6) is 0 Å². The predicted octanol–water partition coefficient (Wildman–Crippen LogP) is 12.1. The van der Waals surface area contributed by atoms with Crippen LogP contribution in [0, 0.1) is 48.5 Å². The lowest BCUT2D eigenvalue weighted by Crippen LogP contribution is -2.16. The third-order valence-corrected chi connectivity index (χ3v) is 8.38. The summed E-state index contributed by atoms with van der Waals surface area (Å²) in [6, 6.07) is 36.2. The van der Waals surface area contributed by atoms with Crippen LogP contribution in [-0.4, -0.2) is 0 Å². The van der Waals surface area contributed by atoms with Gasteiger partial charge in [-0.25, -0.2) is 0 Å². The number of hydrogen-bond donors (Lipinski definition) is 0. The Hall–Kier alpha value is -4.30. The first-order chi connectivity index (χ1) is 20.7. The van der Waals surface area contributed by atoms with Crippen molar-refractivity contribution in [1.82, 2.24) is 0 Å². The van der Waals surface area contributed by atoms with Gasteiger partial charge >= 0.3 is 0 Å². The molecule has 220 valence electrons. The molecule has 0 fully saturated rings. The van der Waals surface area contributed by atoms with Crippen molar-refractivity contribution in [2.75, 3.05) is 9.80 Å². The van der Waals surface area contributed by atoms with Gasteiger partial charge in [-0.1, -0.05) is 84.6 Å². The zero-order valence-electron chi connectivity index (χ0n) is 27.3. The van der Waals surface area contributed by atoms with Crippen LogP contribution in [0.4, 0.5) is 34.1 Å². The van der Waals surface area contributed by atoms with Crippen molar-refractivity contribution >= 4 is 34.1 Å². The second-order valence-corrected chi connectivity index (χ2v) is 12.3. The summed E-state index contributed by atoms with van der Waals surface area (Å²) in [5.41, 5.74) is 17.5. The lowest BCUT2D eigenvalue weighted by Gasteiger charge is -2.32. The molecule has 2 nitrogen and oxygen atoms in total. The lowest BCUT2D eigenvalue weighted by atomic mass is 9.98. The molecule has 5 aromatic rings. The van der Waals surface area contributed by atoms with Crippen molar-refractivity contribution in [3.8, 4) is 0 Å². The van der Waals surface area contributed by atoms with Crippen LogP contribution in [0.2, 0.25) is 0 Å². The molecule has 2 heteroatoms. The number of hydrogen-bond acceptors (Lipinski definition) is 2. The van der Waals surface area contributed by atoms with Gasteiger partial charge in [0.25, 0.3) is 0 Å². The molecule has 5 aromatic carbocycles. The Kier molecular flexibility index (Phi) is 9.06. The van der Waals surface area contributed by atoms with Gasteiger partial charge in [-0.3, -0.25) is 0 Å². The first kappa shape index (κ1) is 30.2. The van der Waals surface area contributed by atoms with Gasteiger partial charge in [-0.05, 0) is 132 Å². The van der Waals surface area contributed by atoms with E-state index < -0.39 is 0 Å². The Morgan fingerprint density at radius 3 is 1.28 bits per heavy atom. The van der Waals surface area contributed by atoms with Crippen molar-refractivity contribution in [3.63, 3.8) is 0 Å². The molecule has 0 saturated heterocycles. The standard InChI is InChI=1S/C41H46N2/c1-9-10-12-35-25-33(7)41(34(8)26-35)43(37-21-17-29(3)18-22-37)39-14-11-13-38(27-39)42(36-19-15-28(2)16-20-36)40-31(5)23-30(4)24-32(40)6/h11,13-27H,9-10,12H2,1-8H3. The molecule has 0 bridgehead atoms. The third kappa shape index (κ3) is 6.54. The molecule has 0 spiro atoms. The Morgan fingerprint density at radius 1 is 0.442 bits per heavy atom. The second kappa shape index (κ2) is 12.9. The summed E-state index contributed by atoms with van der Waals surface area (Å²) >= 11 is 0. The molecular weight excluding hydrogens is 520 g/mol. The van der Waals surface area contributed by atoms with Gasteiger partial charge in [0, 0.05) is 22.7 Å². The normalized spacial score (nSPS) is 11.1. The van der Waals surface area contributed by atoms with E-state index in [1.807, 2.05) is 0 Å². The Balaban J connectivity index is 1.71. The van der Waals surface area contributed by atoms with Gasteiger partial charge in [0.1, 0.15) is 0 Å². The highest BCUT2D eigenvalue weighted by atomic mass is 15.2. The van der Waals surface area contributed by atoms with Gasteiger partial charge in [-0.2, -0.15) is 0 Å². The van der Waals surface area contributed by atoms with Gasteiger partial charge in [0.15, 0.2) is 0 Å². The van der Waals surface area contributed by atoms with Gasteiger partial charge < -0.3 is 9.80 Å². The van der Waals surface area contributed by atoms with Crippen LogP contribution >= 0.6 is 0 Å². The Labute approximate surface area is 259 Å². The molecule has 0 aliphatic heterocycles. The average molecular weight is 567 g/mol. The minimum Gasteiger partial charge on any atom is -0.310 e. The van der Waals surface area contributed by atoms with Crippen molar-refractivity contribution in [2.45, 2.75) is 74.7 Å². The zero-order chi connectivity index (χ0) is 30.7. The maximum Gasteiger partial charge on any atom is 0.0520 e. The number of anilines is 6. The third-order valence-electron chi connectivity index (χ3n) is 8.38. The fourth-order valence-corrected chi connectivity index (χ4v) is 6.42. The van der Waals surface area contributed by atoms with E-state index in [0.717, 1.165) is 23.5 Å². The largest absolute Gasteiger partial charge is 0.310 e. The number of aryl methyl sites for hydroxylation is 8. The lowest BCUT2D eigenvalue weighted by molar-refractivity contribution is 0.794. The van der Waals surface area contributed by atoms with Gasteiger partial charge in [-0.15, -0.1) is 0 Å². The molecule has 0 heterocycles. The number of rotatable bonds is 9. The molecule has 0 aliphatic rings. The molecule has 0 N–H and O–H groups in total. The second-order valence-electron chi connectivity index (χ2n) is 12.3. The summed E-state index contributed by atoms with van der Waals surface area (Å²) < 4.78 is 0. The molecule has 0 amide bonds. The summed E-state index contributed by atoms with van der Waals surface area (Å²) in [7, 11) is 0. The van der Waals surface area contributed by atoms with E-state index in [4.69, 9.17) is 0 Å². The van der Waals surface area contributed by atoms with Crippen LogP contribution < -0.4 is 9.80 Å². The van der Waals surface area contributed by atoms with E-state index in [-0.39, 0.29) is 0 Å². The SMILES string of the molecule is CCCCc1cc(C)c(N(c2ccc(C)cc2)c2cccc(N(c3ccc(C)cc3)c3c(C)cc(C)cc3C)c2)c(C)c1. The molecule has 0 unspecified atom stereocenters. The van der Waals surface area contributed by atoms with Gasteiger partial charge in [0.2, 0.25) is 0 Å². The van der Waals surface area contributed by atoms with Crippen molar-refractivity contribution in [2.24, 2.45) is 0 Å². The molecule has 0 aliphatic carbocycles. The van der Waals surface area contributed by atoms with E-state index in [0.29, 0.717) is 0 Å². The van der Waals surface area contributed by atoms with Crippen LogP contribution in [-0.2, 0) is 6.42 Å². The summed E-state index contributed by atoms with van der Waals surface area (Å²) in [4.78, 5) is 4.87. The molecular formula is C41H46N2. The average Bonchev–Trinajstić information content (AvgIpc) is 2.97. The maximum absolute atomic E-state index is 2.44. The molecule has 0 atom stereocenters. The first-order valence-corrected chi connectivity index (χ1v) is 15.7. The molecule has 5 rings (SSSR count). The molecule has 0 radical (unpaired) electrons. The summed E-state index contributed by atoms with van der Waals surface area (Å²) in [5.74, 6) is 0. The Bertz CT molecular complexity index is 1660. The first-order valence-electron chi connectivity index (χ1n) is 15.7. The smallest absolute Gasteiger partial charge is 0.0520 e. The summed E-state index contributed by atoms with van der Waals surface area (Å²) in [5, 5.41) is 0. The quantitative estimate of drug-likeness (QED) is 0.175. The molecule has 0 saturated carbocycles. The zero-order valence-corrected chi connectivity index (χ0v) is 27.3. The predicted molar refractivity (Wildman–Crippen MR) is 188 cm³/mol. The van der Waals surface area contributed by atoms with Crippen molar-refractivity contribution in [3.05, 3.63) is 142 Å². The minimum absolute atomic E-state index is 1.12. The fraction of sp³-hybridized carbons (Fsp3) is 0.268. The molecule has 0 aromatic heterocycles. The summed E-state index contributed by atoms with van der Waals surface area (Å²) in [6.45, 7) is 17.7. The van der Waals surface area contributed by atoms with Crippen molar-refractivity contribution in [1.29, 1.82) is 0 Å². The highest BCUT2D eigenvalue weighted by Gasteiger charge is 2.22. The van der Waals surface area contributed by atoms with E-state index in [1.54, 1.807) is 0 Å². The monoisotopic (exact) mass is 566 g/mol. The van der Waals surface area contributed by atoms with E-state index >= 15 is 0 Å². The number of unbranched alkanes of at least 4 members (excludes halogenated alkanes) is 1. The minimum atomic E-state index is 1.12. The van der Waals surface area contributed by atoms with Crippen LogP contribution in [0.3, 0.4) is 0 Å². The maximum atomic E-state index is 2.44. The fourth-order valence-electron chi connectivity index (χ4n) is 6.42. The van der Waals surface area contributed by atoms with Crippen molar-refractivity contribution < 1.29 is 0 Å². The number of benzene rings is 5. The highest BCUT2D eigenvalue weighted by Crippen LogP contribution is 2.44. The van der Waals surface area contributed by atoms with Crippen LogP contribution in [0.1, 0.15) is 64.3 Å². The van der Waals surface area contributed by atoms with E-state index in [9.17, 15) is 0 Å². The topological polar surface area (TPSA) is 6.48 Å². The summed E-state index contributed by atoms with van der Waals surface area (Å²) in [6.07, 6.45) is 3.55. The van der Waals surface area contributed by atoms with E-state index in [1.165, 1.54) is 74.4 Å². The van der Waals surface area contributed by atoms with Crippen LogP contribution in [0.15, 0.2) is 97.1 Å².